The molecular weight excluding hydrogens is 478 g/mol. The Bertz CT molecular complexity index is 938. The van der Waals surface area contributed by atoms with Crippen molar-refractivity contribution in [1.82, 2.24) is 5.32 Å². The molecule has 2 saturated heterocycles. The summed E-state index contributed by atoms with van der Waals surface area (Å²) in [6.45, 7) is 12.2. The van der Waals surface area contributed by atoms with Crippen LogP contribution in [0, 0.1) is 0 Å². The van der Waals surface area contributed by atoms with E-state index in [1.807, 2.05) is 25.1 Å². The third-order valence-corrected chi connectivity index (χ3v) is 6.05. The Kier molecular flexibility index (Phi) is 12.7. The van der Waals surface area contributed by atoms with E-state index in [4.69, 9.17) is 24.9 Å². The topological polar surface area (TPSA) is 110 Å². The molecule has 2 fully saturated rings. The fourth-order valence-corrected chi connectivity index (χ4v) is 3.80. The van der Waals surface area contributed by atoms with Gasteiger partial charge in [0, 0.05) is 38.1 Å². The molecule has 1 aromatic rings. The lowest BCUT2D eigenvalue weighted by Crippen LogP contribution is -2.36. The van der Waals surface area contributed by atoms with E-state index in [9.17, 15) is 4.79 Å². The molecule has 3 rings (SSSR count). The van der Waals surface area contributed by atoms with Gasteiger partial charge in [0.25, 0.3) is 0 Å². The van der Waals surface area contributed by atoms with Gasteiger partial charge in [-0.3, -0.25) is 9.79 Å². The van der Waals surface area contributed by atoms with Crippen molar-refractivity contribution in [2.45, 2.75) is 39.2 Å². The molecule has 0 aromatic heterocycles. The van der Waals surface area contributed by atoms with Crippen molar-refractivity contribution in [3.8, 4) is 5.75 Å². The van der Waals surface area contributed by atoms with Crippen LogP contribution in [-0.4, -0.2) is 70.7 Å². The van der Waals surface area contributed by atoms with E-state index >= 15 is 0 Å². The molecule has 1 aromatic carbocycles. The zero-order chi connectivity index (χ0) is 26.5. The first kappa shape index (κ1) is 29.5. The first-order valence-corrected chi connectivity index (χ1v) is 13.2. The average molecular weight is 520 g/mol. The van der Waals surface area contributed by atoms with Gasteiger partial charge in [-0.15, -0.1) is 0 Å². The molecule has 2 aliphatic heterocycles. The molecule has 36 heavy (non-hydrogen) atoms. The van der Waals surface area contributed by atoms with Gasteiger partial charge in [0.05, 0.1) is 37.6 Å². The summed E-state index contributed by atoms with van der Waals surface area (Å²) in [6.07, 6.45) is 4.12. The third-order valence-electron chi connectivity index (χ3n) is 6.05. The monoisotopic (exact) mass is 519 g/mol. The van der Waals surface area contributed by atoms with Gasteiger partial charge < -0.3 is 35.5 Å². The van der Waals surface area contributed by atoms with E-state index < -0.39 is 5.91 Å². The molecular formula is C26H41N5O4S. The van der Waals surface area contributed by atoms with Gasteiger partial charge >= 0.3 is 0 Å². The molecule has 0 spiro atoms. The van der Waals surface area contributed by atoms with E-state index in [1.54, 1.807) is 20.3 Å². The van der Waals surface area contributed by atoms with Gasteiger partial charge in [-0.1, -0.05) is 13.5 Å². The number of aliphatic imine (C=N–C) groups is 1. The van der Waals surface area contributed by atoms with Gasteiger partial charge in [0.1, 0.15) is 17.4 Å². The Morgan fingerprint density at radius 1 is 1.22 bits per heavy atom. The highest BCUT2D eigenvalue weighted by Gasteiger charge is 2.19. The van der Waals surface area contributed by atoms with Crippen molar-refractivity contribution < 1.29 is 19.0 Å². The number of carbonyl (C=O) groups excluding carboxylic acids is 1. The molecule has 0 unspecified atom stereocenters. The number of thiol groups is 1. The quantitative estimate of drug-likeness (QED) is 0.171. The van der Waals surface area contributed by atoms with Crippen molar-refractivity contribution in [3.05, 3.63) is 41.7 Å². The van der Waals surface area contributed by atoms with Crippen LogP contribution in [0.2, 0.25) is 0 Å². The number of hydrogen-bond acceptors (Lipinski definition) is 8. The van der Waals surface area contributed by atoms with Crippen LogP contribution in [-0.2, 0) is 14.3 Å². The lowest BCUT2D eigenvalue weighted by molar-refractivity contribution is -0.114. The number of primary amides is 1. The van der Waals surface area contributed by atoms with E-state index in [0.29, 0.717) is 43.7 Å². The van der Waals surface area contributed by atoms with Crippen LogP contribution in [0.25, 0.3) is 0 Å². The fraction of sp³-hybridized carbons (Fsp3) is 0.538. The number of rotatable bonds is 9. The van der Waals surface area contributed by atoms with E-state index in [2.05, 4.69) is 34.7 Å². The lowest BCUT2D eigenvalue weighted by atomic mass is 10.1. The highest BCUT2D eigenvalue weighted by Crippen LogP contribution is 2.32. The summed E-state index contributed by atoms with van der Waals surface area (Å²) in [5.41, 5.74) is 8.61. The van der Waals surface area contributed by atoms with Crippen LogP contribution >= 0.6 is 12.6 Å². The highest BCUT2D eigenvalue weighted by molar-refractivity contribution is 7.79. The number of anilines is 2. The van der Waals surface area contributed by atoms with E-state index in [-0.39, 0.29) is 6.04 Å². The predicted molar refractivity (Wildman–Crippen MR) is 150 cm³/mol. The number of benzene rings is 1. The van der Waals surface area contributed by atoms with Crippen LogP contribution in [0.5, 0.6) is 5.75 Å². The Morgan fingerprint density at radius 3 is 2.44 bits per heavy atom. The maximum absolute atomic E-state index is 12.1. The number of amides is 1. The summed E-state index contributed by atoms with van der Waals surface area (Å²) in [5.74, 6) is 1.32. The fourth-order valence-electron chi connectivity index (χ4n) is 3.80. The molecule has 0 aliphatic carbocycles. The summed E-state index contributed by atoms with van der Waals surface area (Å²) in [5, 5.41) is 6.62. The third kappa shape index (κ3) is 8.46. The van der Waals surface area contributed by atoms with Gasteiger partial charge in [-0.05, 0) is 50.1 Å². The molecule has 0 radical (unpaired) electrons. The van der Waals surface area contributed by atoms with Gasteiger partial charge in [0.15, 0.2) is 0 Å². The normalized spacial score (nSPS) is 17.4. The molecule has 10 heteroatoms. The molecule has 0 atom stereocenters. The smallest absolute Gasteiger partial charge is 0.247 e. The van der Waals surface area contributed by atoms with Gasteiger partial charge in [-0.2, -0.15) is 12.6 Å². The summed E-state index contributed by atoms with van der Waals surface area (Å²) >= 11 is 3.53. The lowest BCUT2D eigenvalue weighted by Gasteiger charge is -2.30. The van der Waals surface area contributed by atoms with E-state index in [0.717, 1.165) is 55.0 Å². The summed E-state index contributed by atoms with van der Waals surface area (Å²) in [6, 6.07) is 6.01. The summed E-state index contributed by atoms with van der Waals surface area (Å²) in [4.78, 5) is 19.2. The first-order valence-electron chi connectivity index (χ1n) is 12.3. The van der Waals surface area contributed by atoms with Crippen LogP contribution in [0.4, 0.5) is 11.4 Å². The number of ether oxygens (including phenoxy) is 3. The van der Waals surface area contributed by atoms with E-state index in [1.165, 1.54) is 0 Å². The molecule has 0 bridgehead atoms. The van der Waals surface area contributed by atoms with Crippen molar-refractivity contribution >= 4 is 35.7 Å². The molecule has 9 nitrogen and oxygen atoms in total. The summed E-state index contributed by atoms with van der Waals surface area (Å²) in [7, 11) is 1.65. The SMILES string of the molecule is C=C(CC)C(=NC1CCOCC1)N/C(Nc1ccc(N2CCOCC2)c(OC)c1)=C(\C)C(N)=O.CS. The minimum Gasteiger partial charge on any atom is -0.495 e. The molecule has 2 heterocycles. The number of amidine groups is 1. The number of hydrogen-bond donors (Lipinski definition) is 4. The molecule has 2 aliphatic rings. The highest BCUT2D eigenvalue weighted by atomic mass is 32.1. The largest absolute Gasteiger partial charge is 0.495 e. The van der Waals surface area contributed by atoms with Crippen molar-refractivity contribution in [1.29, 1.82) is 0 Å². The predicted octanol–water partition coefficient (Wildman–Crippen LogP) is 3.34. The second-order valence-corrected chi connectivity index (χ2v) is 8.38. The van der Waals surface area contributed by atoms with Crippen molar-refractivity contribution in [2.75, 3.05) is 63.1 Å². The van der Waals surface area contributed by atoms with Crippen LogP contribution in [0.3, 0.4) is 0 Å². The zero-order valence-electron chi connectivity index (χ0n) is 21.9. The number of morpholine rings is 1. The van der Waals surface area contributed by atoms with Crippen molar-refractivity contribution in [2.24, 2.45) is 10.7 Å². The number of methoxy groups -OCH3 is 1. The molecule has 4 N–H and O–H groups in total. The number of nitrogens with two attached hydrogens (primary N) is 1. The number of nitrogens with zero attached hydrogens (tertiary/aromatic N) is 2. The summed E-state index contributed by atoms with van der Waals surface area (Å²) < 4.78 is 16.6. The maximum atomic E-state index is 12.1. The first-order chi connectivity index (χ1) is 17.4. The van der Waals surface area contributed by atoms with Gasteiger partial charge in [0.2, 0.25) is 5.91 Å². The standard InChI is InChI=1S/C25H37N5O4.CH4S/c1-5-17(2)24(27-19-8-12-33-13-9-19)29-25(18(3)23(26)31)28-20-6-7-21(22(16-20)32-4)30-10-14-34-15-11-30;1-2/h6-7,16,19,28H,2,5,8-15H2,1,3-4H3,(H2,26,31)(H,27,29);2H,1H3/b25-18+;. The Balaban J connectivity index is 0.00000222. The molecule has 200 valence electrons. The van der Waals surface area contributed by atoms with Gasteiger partial charge in [-0.25, -0.2) is 0 Å². The zero-order valence-corrected chi connectivity index (χ0v) is 22.8. The maximum Gasteiger partial charge on any atom is 0.247 e. The molecule has 1 amide bonds. The van der Waals surface area contributed by atoms with Crippen molar-refractivity contribution in [3.63, 3.8) is 0 Å². The van der Waals surface area contributed by atoms with Crippen LogP contribution < -0.4 is 26.0 Å². The minimum absolute atomic E-state index is 0.141. The Morgan fingerprint density at radius 2 is 1.86 bits per heavy atom. The second kappa shape index (κ2) is 15.4. The Labute approximate surface area is 220 Å². The number of nitrogens with one attached hydrogen (secondary N) is 2. The second-order valence-electron chi connectivity index (χ2n) is 8.38. The minimum atomic E-state index is -0.528. The Hall–Kier alpha value is -2.69. The van der Waals surface area contributed by atoms with Crippen LogP contribution in [0.15, 0.2) is 46.7 Å². The van der Waals surface area contributed by atoms with Crippen LogP contribution in [0.1, 0.15) is 33.1 Å². The number of carbonyl (C=O) groups is 1. The average Bonchev–Trinajstić information content (AvgIpc) is 2.93. The molecule has 0 saturated carbocycles.